The fraction of sp³-hybridized carbons (Fsp3) is 0.263. The summed E-state index contributed by atoms with van der Waals surface area (Å²) < 4.78 is 14.2. The van der Waals surface area contributed by atoms with Gasteiger partial charge in [0, 0.05) is 11.6 Å². The second-order valence-corrected chi connectivity index (χ2v) is 8.20. The molecule has 1 amide bonds. The second-order valence-electron chi connectivity index (χ2n) is 6.35. The lowest BCUT2D eigenvalue weighted by Crippen LogP contribution is -2.33. The van der Waals surface area contributed by atoms with E-state index in [0.29, 0.717) is 32.5 Å². The van der Waals surface area contributed by atoms with Crippen LogP contribution in [0.5, 0.6) is 0 Å². The zero-order valence-corrected chi connectivity index (χ0v) is 17.2. The van der Waals surface area contributed by atoms with Gasteiger partial charge in [-0.15, -0.1) is 0 Å². The van der Waals surface area contributed by atoms with Crippen molar-refractivity contribution in [1.82, 2.24) is 9.88 Å². The van der Waals surface area contributed by atoms with E-state index in [2.05, 4.69) is 4.98 Å². The Labute approximate surface area is 171 Å². The van der Waals surface area contributed by atoms with Crippen LogP contribution in [0.4, 0.5) is 9.52 Å². The Morgan fingerprint density at radius 3 is 2.63 bits per heavy atom. The Balaban J connectivity index is 1.97. The van der Waals surface area contributed by atoms with Crippen molar-refractivity contribution >= 4 is 55.8 Å². The van der Waals surface area contributed by atoms with Crippen LogP contribution < -0.4 is 4.90 Å². The maximum atomic E-state index is 13.5. The van der Waals surface area contributed by atoms with Gasteiger partial charge in [-0.25, -0.2) is 9.37 Å². The zero-order valence-electron chi connectivity index (χ0n) is 14.9. The molecule has 142 valence electrons. The third-order valence-electron chi connectivity index (χ3n) is 3.96. The van der Waals surface area contributed by atoms with E-state index in [9.17, 15) is 9.18 Å². The molecule has 0 aliphatic carbocycles. The minimum atomic E-state index is -0.330. The maximum absolute atomic E-state index is 13.5. The number of fused-ring (bicyclic) bond motifs is 1. The molecule has 3 aromatic rings. The first kappa shape index (κ1) is 20.0. The molecule has 0 fully saturated rings. The van der Waals surface area contributed by atoms with Gasteiger partial charge in [0.2, 0.25) is 0 Å². The fourth-order valence-corrected chi connectivity index (χ4v) is 4.14. The molecule has 0 atom stereocenters. The number of hydrogen-bond acceptors (Lipinski definition) is 4. The molecule has 8 heteroatoms. The number of carbonyl (C=O) groups is 1. The first-order valence-electron chi connectivity index (χ1n) is 8.33. The molecule has 2 aromatic carbocycles. The molecule has 4 nitrogen and oxygen atoms in total. The number of hydrogen-bond donors (Lipinski definition) is 0. The fourth-order valence-electron chi connectivity index (χ4n) is 2.64. The van der Waals surface area contributed by atoms with Gasteiger partial charge in [-0.3, -0.25) is 9.69 Å². The van der Waals surface area contributed by atoms with Crippen molar-refractivity contribution in [3.63, 3.8) is 0 Å². The van der Waals surface area contributed by atoms with Gasteiger partial charge in [0.25, 0.3) is 5.91 Å². The lowest BCUT2D eigenvalue weighted by molar-refractivity contribution is 0.0986. The quantitative estimate of drug-likeness (QED) is 0.534. The van der Waals surface area contributed by atoms with E-state index in [4.69, 9.17) is 23.2 Å². The highest BCUT2D eigenvalue weighted by Crippen LogP contribution is 2.31. The zero-order chi connectivity index (χ0) is 19.6. The third kappa shape index (κ3) is 4.76. The topological polar surface area (TPSA) is 36.4 Å². The van der Waals surface area contributed by atoms with Crippen LogP contribution in [-0.2, 0) is 0 Å². The molecule has 0 saturated heterocycles. The van der Waals surface area contributed by atoms with E-state index in [1.165, 1.54) is 23.5 Å². The van der Waals surface area contributed by atoms with Crippen LogP contribution in [0.1, 0.15) is 16.8 Å². The van der Waals surface area contributed by atoms with Crippen LogP contribution >= 0.6 is 34.5 Å². The summed E-state index contributed by atoms with van der Waals surface area (Å²) in [5.41, 5.74) is 1.01. The molecule has 1 aromatic heterocycles. The number of amides is 1. The van der Waals surface area contributed by atoms with Gasteiger partial charge >= 0.3 is 0 Å². The van der Waals surface area contributed by atoms with Crippen molar-refractivity contribution in [1.29, 1.82) is 0 Å². The number of thiazole rings is 1. The maximum Gasteiger partial charge on any atom is 0.261 e. The Hall–Kier alpha value is -1.73. The lowest BCUT2D eigenvalue weighted by Gasteiger charge is -2.21. The molecule has 27 heavy (non-hydrogen) atoms. The van der Waals surface area contributed by atoms with Crippen molar-refractivity contribution < 1.29 is 9.18 Å². The smallest absolute Gasteiger partial charge is 0.261 e. The number of aromatic nitrogens is 1. The van der Waals surface area contributed by atoms with Gasteiger partial charge in [0.1, 0.15) is 5.82 Å². The summed E-state index contributed by atoms with van der Waals surface area (Å²) in [7, 11) is 3.95. The Kier molecular flexibility index (Phi) is 6.32. The number of halogens is 3. The summed E-state index contributed by atoms with van der Waals surface area (Å²) in [6.07, 6.45) is 0.758. The van der Waals surface area contributed by atoms with E-state index in [0.717, 1.165) is 13.0 Å². The highest BCUT2D eigenvalue weighted by atomic mass is 35.5. The Morgan fingerprint density at radius 1 is 1.15 bits per heavy atom. The van der Waals surface area contributed by atoms with Gasteiger partial charge < -0.3 is 4.90 Å². The van der Waals surface area contributed by atoms with Crippen LogP contribution in [0.25, 0.3) is 10.2 Å². The molecular weight excluding hydrogens is 408 g/mol. The van der Waals surface area contributed by atoms with Gasteiger partial charge in [0.15, 0.2) is 5.13 Å². The van der Waals surface area contributed by atoms with E-state index < -0.39 is 0 Å². The highest BCUT2D eigenvalue weighted by molar-refractivity contribution is 7.22. The predicted octanol–water partition coefficient (Wildman–Crippen LogP) is 5.34. The van der Waals surface area contributed by atoms with Crippen molar-refractivity contribution in [2.24, 2.45) is 0 Å². The third-order valence-corrected chi connectivity index (χ3v) is 5.55. The summed E-state index contributed by atoms with van der Waals surface area (Å²) in [6, 6.07) is 9.18. The number of anilines is 1. The largest absolute Gasteiger partial charge is 0.309 e. The number of benzene rings is 2. The monoisotopic (exact) mass is 425 g/mol. The van der Waals surface area contributed by atoms with Crippen LogP contribution in [0.2, 0.25) is 10.0 Å². The van der Waals surface area contributed by atoms with Crippen molar-refractivity contribution in [3.05, 3.63) is 57.8 Å². The predicted molar refractivity (Wildman–Crippen MR) is 111 cm³/mol. The molecule has 0 radical (unpaired) electrons. The molecule has 0 saturated carbocycles. The SMILES string of the molecule is CN(C)CCCN(C(=O)c1ccc(Cl)cc1Cl)c1nc2ccc(F)cc2s1. The van der Waals surface area contributed by atoms with Crippen molar-refractivity contribution in [3.8, 4) is 0 Å². The minimum Gasteiger partial charge on any atom is -0.309 e. The molecule has 0 aliphatic heterocycles. The average Bonchev–Trinajstić information content (AvgIpc) is 3.00. The van der Waals surface area contributed by atoms with Crippen LogP contribution in [0.3, 0.4) is 0 Å². The van der Waals surface area contributed by atoms with E-state index in [1.54, 1.807) is 29.2 Å². The molecule has 0 spiro atoms. The second kappa shape index (κ2) is 8.52. The molecular formula is C19H18Cl2FN3OS. The summed E-state index contributed by atoms with van der Waals surface area (Å²) >= 11 is 13.5. The van der Waals surface area contributed by atoms with E-state index in [1.807, 2.05) is 19.0 Å². The average molecular weight is 426 g/mol. The molecule has 3 rings (SSSR count). The molecule has 0 N–H and O–H groups in total. The standard InChI is InChI=1S/C19H18Cl2FN3OS/c1-24(2)8-3-9-25(18(26)14-6-4-12(20)10-15(14)21)19-23-16-7-5-13(22)11-17(16)27-19/h4-7,10-11H,3,8-9H2,1-2H3. The molecule has 1 heterocycles. The van der Waals surface area contributed by atoms with Crippen molar-refractivity contribution in [2.45, 2.75) is 6.42 Å². The number of carbonyl (C=O) groups excluding carboxylic acids is 1. The van der Waals surface area contributed by atoms with Crippen LogP contribution in [0.15, 0.2) is 36.4 Å². The van der Waals surface area contributed by atoms with Crippen LogP contribution in [-0.4, -0.2) is 43.0 Å². The first-order chi connectivity index (χ1) is 12.8. The summed E-state index contributed by atoms with van der Waals surface area (Å²) in [4.78, 5) is 21.3. The Morgan fingerprint density at radius 2 is 1.93 bits per heavy atom. The first-order valence-corrected chi connectivity index (χ1v) is 9.90. The highest BCUT2D eigenvalue weighted by Gasteiger charge is 2.23. The van der Waals surface area contributed by atoms with Gasteiger partial charge in [0.05, 0.1) is 20.8 Å². The van der Waals surface area contributed by atoms with E-state index in [-0.39, 0.29) is 16.7 Å². The van der Waals surface area contributed by atoms with Crippen LogP contribution in [0, 0.1) is 5.82 Å². The minimum absolute atomic E-state index is 0.255. The van der Waals surface area contributed by atoms with E-state index >= 15 is 0 Å². The van der Waals surface area contributed by atoms with Gasteiger partial charge in [-0.2, -0.15) is 0 Å². The molecule has 0 bridgehead atoms. The lowest BCUT2D eigenvalue weighted by atomic mass is 10.2. The summed E-state index contributed by atoms with van der Waals surface area (Å²) in [5, 5.41) is 1.27. The van der Waals surface area contributed by atoms with Crippen molar-refractivity contribution in [2.75, 3.05) is 32.1 Å². The van der Waals surface area contributed by atoms with Gasteiger partial charge in [-0.05, 0) is 63.5 Å². The number of rotatable bonds is 6. The summed E-state index contributed by atoms with van der Waals surface area (Å²) in [5.74, 6) is -0.584. The van der Waals surface area contributed by atoms with Gasteiger partial charge in [-0.1, -0.05) is 34.5 Å². The number of nitrogens with zero attached hydrogens (tertiary/aromatic N) is 3. The Bertz CT molecular complexity index is 977. The molecule has 0 aliphatic rings. The molecule has 0 unspecified atom stereocenters. The normalized spacial score (nSPS) is 11.3. The summed E-state index contributed by atoms with van der Waals surface area (Å²) in [6.45, 7) is 1.29.